The molecule has 9 heavy (non-hydrogen) atoms. The first-order valence-corrected chi connectivity index (χ1v) is 3.37. The molecule has 0 aromatic carbocycles. The average Bonchev–Trinajstić information content (AvgIpc) is 1.86. The number of nitriles is 1. The molecule has 2 N–H and O–H groups in total. The molecule has 2 atom stereocenters. The quantitative estimate of drug-likeness (QED) is 0.481. The fourth-order valence-corrected chi connectivity index (χ4v) is 0.497. The van der Waals surface area contributed by atoms with Crippen LogP contribution >= 0.6 is 15.9 Å². The highest BCUT2D eigenvalue weighted by Gasteiger charge is 2.30. The Kier molecular flexibility index (Phi) is 3.12. The van der Waals surface area contributed by atoms with Gasteiger partial charge in [-0.05, 0) is 6.92 Å². The number of alkyl halides is 1. The van der Waals surface area contributed by atoms with E-state index in [0.717, 1.165) is 0 Å². The predicted octanol–water partition coefficient (Wildman–Crippen LogP) is 0.0168. The maximum Gasteiger partial charge on any atom is 0.186 e. The van der Waals surface area contributed by atoms with Crippen molar-refractivity contribution in [2.45, 2.75) is 17.4 Å². The van der Waals surface area contributed by atoms with Gasteiger partial charge in [-0.15, -0.1) is 0 Å². The molecule has 0 heterocycles. The van der Waals surface area contributed by atoms with Crippen LogP contribution in [0.15, 0.2) is 0 Å². The lowest BCUT2D eigenvalue weighted by molar-refractivity contribution is 0.0372. The van der Waals surface area contributed by atoms with Crippen LogP contribution in [0.5, 0.6) is 0 Å². The van der Waals surface area contributed by atoms with Crippen molar-refractivity contribution in [1.82, 2.24) is 0 Å². The van der Waals surface area contributed by atoms with Gasteiger partial charge in [0.2, 0.25) is 0 Å². The van der Waals surface area contributed by atoms with E-state index in [-0.39, 0.29) is 0 Å². The summed E-state index contributed by atoms with van der Waals surface area (Å²) in [4.78, 5) is -0.417. The van der Waals surface area contributed by atoms with E-state index in [1.54, 1.807) is 13.0 Å². The normalized spacial score (nSPS) is 19.9. The van der Waals surface area contributed by atoms with E-state index in [4.69, 9.17) is 15.5 Å². The van der Waals surface area contributed by atoms with Crippen molar-refractivity contribution in [3.8, 4) is 6.07 Å². The minimum absolute atomic E-state index is 0.417. The van der Waals surface area contributed by atoms with Gasteiger partial charge in [-0.2, -0.15) is 5.26 Å². The Labute approximate surface area is 62.0 Å². The second-order valence-electron chi connectivity index (χ2n) is 1.81. The van der Waals surface area contributed by atoms with Crippen molar-refractivity contribution < 1.29 is 10.2 Å². The van der Waals surface area contributed by atoms with E-state index in [1.165, 1.54) is 0 Å². The lowest BCUT2D eigenvalue weighted by atomic mass is 10.1. The number of rotatable bonds is 2. The van der Waals surface area contributed by atoms with Gasteiger partial charge in [0.1, 0.15) is 6.07 Å². The van der Waals surface area contributed by atoms with Gasteiger partial charge in [-0.3, -0.25) is 0 Å². The maximum atomic E-state index is 9.05. The predicted molar refractivity (Wildman–Crippen MR) is 36.0 cm³/mol. The van der Waals surface area contributed by atoms with Crippen molar-refractivity contribution >= 4 is 15.9 Å². The summed E-state index contributed by atoms with van der Waals surface area (Å²) in [7, 11) is 0. The molecule has 0 saturated heterocycles. The van der Waals surface area contributed by atoms with Crippen LogP contribution in [-0.4, -0.2) is 27.2 Å². The molecule has 0 aliphatic carbocycles. The van der Waals surface area contributed by atoms with Crippen LogP contribution < -0.4 is 0 Å². The third-order valence-corrected chi connectivity index (χ3v) is 1.85. The third kappa shape index (κ3) is 1.94. The van der Waals surface area contributed by atoms with Crippen LogP contribution in [0.4, 0.5) is 0 Å². The van der Waals surface area contributed by atoms with E-state index in [2.05, 4.69) is 15.9 Å². The van der Waals surface area contributed by atoms with Crippen LogP contribution in [0, 0.1) is 11.3 Å². The van der Waals surface area contributed by atoms with Gasteiger partial charge in [-0.25, -0.2) is 0 Å². The first-order chi connectivity index (χ1) is 4.06. The minimum atomic E-state index is -1.64. The number of halogens is 1. The highest BCUT2D eigenvalue weighted by atomic mass is 79.9. The Balaban J connectivity index is 4.14. The van der Waals surface area contributed by atoms with Crippen LogP contribution in [0.1, 0.15) is 6.92 Å². The summed E-state index contributed by atoms with van der Waals surface area (Å²) in [5.74, 6) is 0. The Hall–Kier alpha value is -0.110. The molecule has 0 fully saturated rings. The smallest absolute Gasteiger partial charge is 0.186 e. The van der Waals surface area contributed by atoms with Gasteiger partial charge in [0.05, 0.1) is 11.4 Å². The van der Waals surface area contributed by atoms with E-state index >= 15 is 0 Å². The molecule has 0 aliphatic rings. The molecule has 3 nitrogen and oxygen atoms in total. The van der Waals surface area contributed by atoms with Crippen molar-refractivity contribution in [3.63, 3.8) is 0 Å². The highest BCUT2D eigenvalue weighted by molar-refractivity contribution is 9.09. The van der Waals surface area contributed by atoms with E-state index in [1.807, 2.05) is 0 Å². The summed E-state index contributed by atoms with van der Waals surface area (Å²) in [6.45, 7) is 1.05. The zero-order valence-electron chi connectivity index (χ0n) is 5.00. The first-order valence-electron chi connectivity index (χ1n) is 2.45. The number of hydrogen-bond acceptors (Lipinski definition) is 3. The standard InChI is InChI=1S/C5H8BrNO2/c1-4(6)5(9,2-7)3-8/h4,8-9H,3H2,1H3. The monoisotopic (exact) mass is 193 g/mol. The van der Waals surface area contributed by atoms with Gasteiger partial charge in [0, 0.05) is 0 Å². The minimum Gasteiger partial charge on any atom is -0.392 e. The number of nitrogens with zero attached hydrogens (tertiary/aromatic N) is 1. The summed E-state index contributed by atoms with van der Waals surface area (Å²) in [5, 5.41) is 25.8. The van der Waals surface area contributed by atoms with Crippen LogP contribution in [-0.2, 0) is 0 Å². The molecule has 0 saturated carbocycles. The molecule has 0 bridgehead atoms. The third-order valence-electron chi connectivity index (χ3n) is 1.09. The summed E-state index contributed by atoms with van der Waals surface area (Å²) in [5.41, 5.74) is -1.64. The van der Waals surface area contributed by atoms with Gasteiger partial charge < -0.3 is 10.2 Å². The Bertz CT molecular complexity index is 131. The summed E-state index contributed by atoms with van der Waals surface area (Å²) in [6, 6.07) is 1.59. The molecule has 0 aromatic rings. The van der Waals surface area contributed by atoms with Gasteiger partial charge in [0.15, 0.2) is 5.60 Å². The fraction of sp³-hybridized carbons (Fsp3) is 0.800. The number of hydrogen-bond donors (Lipinski definition) is 2. The van der Waals surface area contributed by atoms with Crippen molar-refractivity contribution in [3.05, 3.63) is 0 Å². The molecule has 52 valence electrons. The van der Waals surface area contributed by atoms with Gasteiger partial charge in [-0.1, -0.05) is 15.9 Å². The molecule has 2 unspecified atom stereocenters. The Morgan fingerprint density at radius 2 is 2.33 bits per heavy atom. The SMILES string of the molecule is CC(Br)C(O)(C#N)CO. The molecular formula is C5H8BrNO2. The van der Waals surface area contributed by atoms with E-state index in [0.29, 0.717) is 0 Å². The number of aliphatic hydroxyl groups is 2. The van der Waals surface area contributed by atoms with Crippen LogP contribution in [0.2, 0.25) is 0 Å². The van der Waals surface area contributed by atoms with Gasteiger partial charge in [0.25, 0.3) is 0 Å². The molecule has 0 spiro atoms. The topological polar surface area (TPSA) is 64.2 Å². The first kappa shape index (κ1) is 8.89. The summed E-state index contributed by atoms with van der Waals surface area (Å²) >= 11 is 2.98. The van der Waals surface area contributed by atoms with Crippen molar-refractivity contribution in [1.29, 1.82) is 5.26 Å². The largest absolute Gasteiger partial charge is 0.392 e. The zero-order valence-corrected chi connectivity index (χ0v) is 6.59. The second kappa shape index (κ2) is 3.16. The lowest BCUT2D eigenvalue weighted by Crippen LogP contribution is -2.39. The zero-order chi connectivity index (χ0) is 7.49. The number of aliphatic hydroxyl groups excluding tert-OH is 1. The molecule has 0 aliphatic heterocycles. The summed E-state index contributed by atoms with van der Waals surface area (Å²) in [6.07, 6.45) is 0. The molecule has 0 amide bonds. The lowest BCUT2D eigenvalue weighted by Gasteiger charge is -2.19. The molecule has 0 radical (unpaired) electrons. The molecule has 4 heteroatoms. The molecule has 0 aromatic heterocycles. The van der Waals surface area contributed by atoms with E-state index < -0.39 is 17.0 Å². The van der Waals surface area contributed by atoms with Crippen LogP contribution in [0.25, 0.3) is 0 Å². The highest BCUT2D eigenvalue weighted by Crippen LogP contribution is 2.15. The van der Waals surface area contributed by atoms with Gasteiger partial charge >= 0.3 is 0 Å². The Morgan fingerprint density at radius 1 is 1.89 bits per heavy atom. The molecule has 0 rings (SSSR count). The Morgan fingerprint density at radius 3 is 2.33 bits per heavy atom. The van der Waals surface area contributed by atoms with Crippen molar-refractivity contribution in [2.24, 2.45) is 0 Å². The van der Waals surface area contributed by atoms with Crippen LogP contribution in [0.3, 0.4) is 0 Å². The summed E-state index contributed by atoms with van der Waals surface area (Å²) < 4.78 is 0. The molecular weight excluding hydrogens is 186 g/mol. The van der Waals surface area contributed by atoms with E-state index in [9.17, 15) is 0 Å². The average molecular weight is 194 g/mol. The second-order valence-corrected chi connectivity index (χ2v) is 3.18. The van der Waals surface area contributed by atoms with Crippen molar-refractivity contribution in [2.75, 3.05) is 6.61 Å². The maximum absolute atomic E-state index is 9.05. The fourth-order valence-electron chi connectivity index (χ4n) is 0.250.